The molecule has 226 valence electrons. The number of carboxylic acid groups (broad SMARTS) is 1. The van der Waals surface area contributed by atoms with Crippen LogP contribution in [0.4, 0.5) is 24.5 Å². The molecule has 0 saturated carbocycles. The Morgan fingerprint density at radius 2 is 1.67 bits per heavy atom. The molecule has 10 heteroatoms. The zero-order valence-electron chi connectivity index (χ0n) is 23.8. The molecule has 0 heterocycles. The summed E-state index contributed by atoms with van der Waals surface area (Å²) in [6.07, 6.45) is 1.97. The van der Waals surface area contributed by atoms with Crippen molar-refractivity contribution in [2.24, 2.45) is 0 Å². The summed E-state index contributed by atoms with van der Waals surface area (Å²) in [5.74, 6) is -2.63. The van der Waals surface area contributed by atoms with Crippen molar-refractivity contribution in [1.82, 2.24) is 5.32 Å². The van der Waals surface area contributed by atoms with Gasteiger partial charge in [0.1, 0.15) is 0 Å². The van der Waals surface area contributed by atoms with Crippen molar-refractivity contribution in [3.8, 4) is 0 Å². The van der Waals surface area contributed by atoms with Gasteiger partial charge in [0.05, 0.1) is 17.9 Å². The number of carboxylic acids is 1. The first-order chi connectivity index (χ1) is 20.5. The number of halogens is 3. The number of allylic oxidation sites excluding steroid dienone is 2. The van der Waals surface area contributed by atoms with Gasteiger partial charge in [0.2, 0.25) is 5.91 Å². The second-order valence-electron chi connectivity index (χ2n) is 10.4. The lowest BCUT2D eigenvalue weighted by atomic mass is 9.88. The SMILES string of the molecule is CNc1ccc(NC(=O)C(Cc2ccc(C(=O)NCCC(=O)O)cc2)c2ccc(C3=CCCCC3)cc2)cc1C(F)(F)F. The first kappa shape index (κ1) is 31.3. The molecule has 4 N–H and O–H groups in total. The fourth-order valence-corrected chi connectivity index (χ4v) is 5.11. The molecule has 1 atom stereocenters. The number of hydrogen-bond acceptors (Lipinski definition) is 4. The highest BCUT2D eigenvalue weighted by Gasteiger charge is 2.34. The number of amides is 2. The summed E-state index contributed by atoms with van der Waals surface area (Å²) in [7, 11) is 1.40. The van der Waals surface area contributed by atoms with Gasteiger partial charge in [0.15, 0.2) is 0 Å². The molecule has 0 radical (unpaired) electrons. The van der Waals surface area contributed by atoms with Crippen molar-refractivity contribution < 1.29 is 32.7 Å². The maximum absolute atomic E-state index is 13.6. The largest absolute Gasteiger partial charge is 0.481 e. The maximum Gasteiger partial charge on any atom is 0.418 e. The molecule has 1 aliphatic rings. The molecule has 4 rings (SSSR count). The number of carbonyl (C=O) groups is 3. The van der Waals surface area contributed by atoms with Crippen LogP contribution in [-0.2, 0) is 22.2 Å². The third-order valence-corrected chi connectivity index (χ3v) is 7.43. The van der Waals surface area contributed by atoms with E-state index in [0.717, 1.165) is 42.9 Å². The summed E-state index contributed by atoms with van der Waals surface area (Å²) >= 11 is 0. The van der Waals surface area contributed by atoms with Crippen molar-refractivity contribution in [2.75, 3.05) is 24.2 Å². The first-order valence-corrected chi connectivity index (χ1v) is 14.1. The van der Waals surface area contributed by atoms with E-state index in [0.29, 0.717) is 11.1 Å². The summed E-state index contributed by atoms with van der Waals surface area (Å²) in [4.78, 5) is 36.7. The normalized spacial score (nSPS) is 13.9. The second kappa shape index (κ2) is 14.0. The molecule has 0 saturated heterocycles. The fraction of sp³-hybridized carbons (Fsp3) is 0.303. The van der Waals surface area contributed by atoms with Gasteiger partial charge in [-0.3, -0.25) is 14.4 Å². The van der Waals surface area contributed by atoms with Crippen LogP contribution in [0, 0.1) is 0 Å². The minimum Gasteiger partial charge on any atom is -0.481 e. The molecular formula is C33H34F3N3O4. The van der Waals surface area contributed by atoms with Gasteiger partial charge < -0.3 is 21.1 Å². The second-order valence-corrected chi connectivity index (χ2v) is 10.4. The Bertz CT molecular complexity index is 1480. The summed E-state index contributed by atoms with van der Waals surface area (Å²) < 4.78 is 40.9. The van der Waals surface area contributed by atoms with Gasteiger partial charge in [-0.25, -0.2) is 0 Å². The van der Waals surface area contributed by atoms with E-state index in [-0.39, 0.29) is 30.8 Å². The quantitative estimate of drug-likeness (QED) is 0.194. The smallest absolute Gasteiger partial charge is 0.418 e. The van der Waals surface area contributed by atoms with Crippen molar-refractivity contribution in [3.05, 3.63) is 101 Å². The van der Waals surface area contributed by atoms with Crippen LogP contribution in [0.3, 0.4) is 0 Å². The molecule has 43 heavy (non-hydrogen) atoms. The Labute approximate surface area is 248 Å². The molecule has 7 nitrogen and oxygen atoms in total. The Kier molecular flexibility index (Phi) is 10.2. The van der Waals surface area contributed by atoms with Crippen LogP contribution < -0.4 is 16.0 Å². The number of carbonyl (C=O) groups excluding carboxylic acids is 2. The van der Waals surface area contributed by atoms with Crippen LogP contribution in [0.25, 0.3) is 5.57 Å². The van der Waals surface area contributed by atoms with E-state index >= 15 is 0 Å². The van der Waals surface area contributed by atoms with Crippen molar-refractivity contribution in [1.29, 1.82) is 0 Å². The highest BCUT2D eigenvalue weighted by molar-refractivity contribution is 5.97. The first-order valence-electron chi connectivity index (χ1n) is 14.1. The van der Waals surface area contributed by atoms with Gasteiger partial charge >= 0.3 is 12.1 Å². The molecule has 1 aliphatic carbocycles. The molecule has 0 aromatic heterocycles. The van der Waals surface area contributed by atoms with Crippen LogP contribution in [0.15, 0.2) is 72.8 Å². The Morgan fingerprint density at radius 1 is 0.953 bits per heavy atom. The summed E-state index contributed by atoms with van der Waals surface area (Å²) in [6, 6.07) is 17.9. The van der Waals surface area contributed by atoms with E-state index in [2.05, 4.69) is 22.0 Å². The lowest BCUT2D eigenvalue weighted by Crippen LogP contribution is -2.26. The lowest BCUT2D eigenvalue weighted by molar-refractivity contribution is -0.137. The van der Waals surface area contributed by atoms with Gasteiger partial charge in [-0.15, -0.1) is 0 Å². The van der Waals surface area contributed by atoms with Gasteiger partial charge in [0.25, 0.3) is 5.91 Å². The molecule has 0 fully saturated rings. The topological polar surface area (TPSA) is 108 Å². The Hall–Kier alpha value is -4.60. The van der Waals surface area contributed by atoms with Crippen molar-refractivity contribution >= 4 is 34.7 Å². The number of hydrogen-bond donors (Lipinski definition) is 4. The van der Waals surface area contributed by atoms with E-state index in [1.807, 2.05) is 24.3 Å². The van der Waals surface area contributed by atoms with Crippen LogP contribution in [-0.4, -0.2) is 36.5 Å². The van der Waals surface area contributed by atoms with Gasteiger partial charge in [-0.05, 0) is 84.7 Å². The lowest BCUT2D eigenvalue weighted by Gasteiger charge is -2.20. The number of anilines is 2. The van der Waals surface area contributed by atoms with Crippen LogP contribution in [0.1, 0.15) is 70.6 Å². The van der Waals surface area contributed by atoms with Crippen molar-refractivity contribution in [3.63, 3.8) is 0 Å². The third-order valence-electron chi connectivity index (χ3n) is 7.43. The highest BCUT2D eigenvalue weighted by atomic mass is 19.4. The maximum atomic E-state index is 13.6. The summed E-state index contributed by atoms with van der Waals surface area (Å²) in [6.45, 7) is -0.00356. The minimum atomic E-state index is -4.61. The van der Waals surface area contributed by atoms with E-state index in [9.17, 15) is 27.6 Å². The molecule has 3 aromatic carbocycles. The summed E-state index contributed by atoms with van der Waals surface area (Å²) in [5.41, 5.74) is 3.18. The number of nitrogens with one attached hydrogen (secondary N) is 3. The van der Waals surface area contributed by atoms with Crippen LogP contribution in [0.5, 0.6) is 0 Å². The summed E-state index contributed by atoms with van der Waals surface area (Å²) in [5, 5.41) is 16.5. The highest BCUT2D eigenvalue weighted by Crippen LogP contribution is 2.37. The molecule has 0 aliphatic heterocycles. The van der Waals surface area contributed by atoms with Crippen LogP contribution >= 0.6 is 0 Å². The molecule has 3 aromatic rings. The van der Waals surface area contributed by atoms with Gasteiger partial charge in [-0.1, -0.05) is 42.5 Å². The molecule has 0 spiro atoms. The fourth-order valence-electron chi connectivity index (χ4n) is 5.11. The van der Waals surface area contributed by atoms with Gasteiger partial charge in [0, 0.05) is 30.5 Å². The predicted octanol–water partition coefficient (Wildman–Crippen LogP) is 6.87. The molecule has 1 unspecified atom stereocenters. The zero-order chi connectivity index (χ0) is 31.0. The van der Waals surface area contributed by atoms with E-state index in [1.165, 1.54) is 24.8 Å². The molecule has 0 bridgehead atoms. The number of rotatable bonds is 11. The standard InChI is InChI=1S/C33H34F3N3O4/c1-37-29-16-15-26(20-28(29)33(34,35)36)39-32(43)27(24-13-11-23(12-14-24)22-5-3-2-4-6-22)19-21-7-9-25(10-8-21)31(42)38-18-17-30(40)41/h5,7-16,20,27,37H,2-4,6,17-19H2,1H3,(H,38,42)(H,39,43)(H,40,41). The number of aliphatic carboxylic acids is 1. The average molecular weight is 594 g/mol. The van der Waals surface area contributed by atoms with Crippen molar-refractivity contribution in [2.45, 2.75) is 50.6 Å². The van der Waals surface area contributed by atoms with E-state index < -0.39 is 35.4 Å². The Morgan fingerprint density at radius 3 is 2.28 bits per heavy atom. The van der Waals surface area contributed by atoms with E-state index in [4.69, 9.17) is 5.11 Å². The number of alkyl halides is 3. The predicted molar refractivity (Wildman–Crippen MR) is 160 cm³/mol. The minimum absolute atomic E-state index is 0.00356. The molecule has 2 amide bonds. The number of benzene rings is 3. The third kappa shape index (κ3) is 8.47. The Balaban J connectivity index is 1.58. The average Bonchev–Trinajstić information content (AvgIpc) is 3.00. The van der Waals surface area contributed by atoms with E-state index in [1.54, 1.807) is 24.3 Å². The monoisotopic (exact) mass is 593 g/mol. The zero-order valence-corrected chi connectivity index (χ0v) is 23.8. The molecular weight excluding hydrogens is 559 g/mol. The van der Waals surface area contributed by atoms with Gasteiger partial charge in [-0.2, -0.15) is 13.2 Å². The van der Waals surface area contributed by atoms with Crippen LogP contribution in [0.2, 0.25) is 0 Å².